The van der Waals surface area contributed by atoms with Gasteiger partial charge in [-0.25, -0.2) is 4.79 Å². The average Bonchev–Trinajstić information content (AvgIpc) is 3.33. The Morgan fingerprint density at radius 1 is 0.947 bits per heavy atom. The molecule has 0 aliphatic heterocycles. The maximum atomic E-state index is 12.1. The van der Waals surface area contributed by atoms with Gasteiger partial charge >= 0.3 is 5.97 Å². The van der Waals surface area contributed by atoms with E-state index in [1.807, 2.05) is 56.4 Å². The summed E-state index contributed by atoms with van der Waals surface area (Å²) in [5.74, 6) is -0.204. The van der Waals surface area contributed by atoms with E-state index in [1.54, 1.807) is 10.6 Å². The number of ether oxygens (including phenoxy) is 1. The molecular formula is C31H32Cl2N2O3. The second kappa shape index (κ2) is 12.4. The van der Waals surface area contributed by atoms with Crippen LogP contribution in [0.15, 0.2) is 72.9 Å². The van der Waals surface area contributed by atoms with Crippen LogP contribution in [0.25, 0.3) is 0 Å². The van der Waals surface area contributed by atoms with Crippen molar-refractivity contribution < 1.29 is 14.6 Å². The summed E-state index contributed by atoms with van der Waals surface area (Å²) >= 11 is 12.5. The van der Waals surface area contributed by atoms with Crippen molar-refractivity contribution in [1.29, 1.82) is 0 Å². The molecule has 4 rings (SSSR count). The number of carboxylic acids is 1. The molecule has 1 heterocycles. The van der Waals surface area contributed by atoms with Crippen LogP contribution in [0.5, 0.6) is 5.75 Å². The maximum Gasteiger partial charge on any atom is 0.352 e. The summed E-state index contributed by atoms with van der Waals surface area (Å²) in [7, 11) is 0. The van der Waals surface area contributed by atoms with Crippen molar-refractivity contribution in [2.75, 3.05) is 11.5 Å². The third-order valence-electron chi connectivity index (χ3n) is 6.52. The first-order valence-corrected chi connectivity index (χ1v) is 13.4. The quantitative estimate of drug-likeness (QED) is 0.190. The molecule has 0 amide bonds. The molecule has 0 spiro atoms. The molecule has 3 aromatic carbocycles. The molecule has 0 unspecified atom stereocenters. The van der Waals surface area contributed by atoms with Gasteiger partial charge in [0, 0.05) is 35.0 Å². The second-order valence-corrected chi connectivity index (χ2v) is 10.2. The molecule has 198 valence electrons. The van der Waals surface area contributed by atoms with Crippen molar-refractivity contribution >= 4 is 40.5 Å². The zero-order chi connectivity index (χ0) is 27.2. The zero-order valence-corrected chi connectivity index (χ0v) is 23.4. The van der Waals surface area contributed by atoms with Crippen LogP contribution >= 0.6 is 23.2 Å². The fourth-order valence-electron chi connectivity index (χ4n) is 4.48. The van der Waals surface area contributed by atoms with Gasteiger partial charge in [0.05, 0.1) is 12.3 Å². The number of carbonyl (C=O) groups is 1. The Morgan fingerprint density at radius 3 is 2.29 bits per heavy atom. The number of anilines is 2. The van der Waals surface area contributed by atoms with Crippen LogP contribution < -0.4 is 9.64 Å². The largest absolute Gasteiger partial charge is 0.494 e. The number of hydrogen-bond donors (Lipinski definition) is 1. The van der Waals surface area contributed by atoms with E-state index in [2.05, 4.69) is 36.1 Å². The lowest BCUT2D eigenvalue weighted by Crippen LogP contribution is -2.16. The van der Waals surface area contributed by atoms with Crippen molar-refractivity contribution in [2.45, 2.75) is 46.7 Å². The first-order chi connectivity index (χ1) is 18.2. The van der Waals surface area contributed by atoms with Gasteiger partial charge in [-0.05, 0) is 91.4 Å². The molecule has 0 saturated carbocycles. The molecule has 4 aromatic rings. The number of aromatic nitrogens is 1. The molecule has 0 radical (unpaired) electrons. The molecule has 1 N–H and O–H groups in total. The molecule has 0 bridgehead atoms. The van der Waals surface area contributed by atoms with Crippen LogP contribution in [0.1, 0.15) is 46.1 Å². The highest BCUT2D eigenvalue weighted by Gasteiger charge is 2.18. The molecule has 0 aliphatic carbocycles. The van der Waals surface area contributed by atoms with Gasteiger partial charge in [0.1, 0.15) is 11.4 Å². The summed E-state index contributed by atoms with van der Waals surface area (Å²) in [4.78, 5) is 14.3. The Morgan fingerprint density at radius 2 is 1.66 bits per heavy atom. The van der Waals surface area contributed by atoms with Crippen molar-refractivity contribution in [3.05, 3.63) is 111 Å². The molecular weight excluding hydrogens is 519 g/mol. The van der Waals surface area contributed by atoms with E-state index in [-0.39, 0.29) is 5.69 Å². The maximum absolute atomic E-state index is 12.1. The topological polar surface area (TPSA) is 54.7 Å². The van der Waals surface area contributed by atoms with Crippen LogP contribution in [-0.2, 0) is 19.5 Å². The van der Waals surface area contributed by atoms with Gasteiger partial charge in [0.2, 0.25) is 0 Å². The summed E-state index contributed by atoms with van der Waals surface area (Å²) in [6.07, 6.45) is 3.50. The predicted octanol–water partition coefficient (Wildman–Crippen LogP) is 8.48. The van der Waals surface area contributed by atoms with Gasteiger partial charge in [0.15, 0.2) is 0 Å². The summed E-state index contributed by atoms with van der Waals surface area (Å²) in [6, 6.07) is 21.6. The monoisotopic (exact) mass is 550 g/mol. The molecule has 1 aromatic heterocycles. The molecule has 5 nitrogen and oxygen atoms in total. The molecule has 7 heteroatoms. The van der Waals surface area contributed by atoms with Gasteiger partial charge in [-0.1, -0.05) is 54.4 Å². The van der Waals surface area contributed by atoms with Crippen molar-refractivity contribution in [3.8, 4) is 5.75 Å². The zero-order valence-electron chi connectivity index (χ0n) is 21.9. The normalized spacial score (nSPS) is 11.0. The third-order valence-corrected chi connectivity index (χ3v) is 7.35. The van der Waals surface area contributed by atoms with Gasteiger partial charge in [-0.2, -0.15) is 0 Å². The van der Waals surface area contributed by atoms with E-state index in [0.29, 0.717) is 31.1 Å². The number of rotatable bonds is 11. The summed E-state index contributed by atoms with van der Waals surface area (Å²) in [5, 5.41) is 11.4. The van der Waals surface area contributed by atoms with Gasteiger partial charge in [-0.15, -0.1) is 0 Å². The Kier molecular flexibility index (Phi) is 9.03. The van der Waals surface area contributed by atoms with Gasteiger partial charge in [-0.3, -0.25) is 0 Å². The lowest BCUT2D eigenvalue weighted by Gasteiger charge is -2.24. The minimum Gasteiger partial charge on any atom is -0.494 e. The fourth-order valence-corrected chi connectivity index (χ4v) is 4.80. The average molecular weight is 552 g/mol. The van der Waals surface area contributed by atoms with Crippen LogP contribution in [0.2, 0.25) is 10.0 Å². The van der Waals surface area contributed by atoms with Crippen LogP contribution in [0.4, 0.5) is 11.4 Å². The highest BCUT2D eigenvalue weighted by Crippen LogP contribution is 2.31. The Labute approximate surface area is 234 Å². The van der Waals surface area contributed by atoms with Gasteiger partial charge < -0.3 is 19.3 Å². The van der Waals surface area contributed by atoms with Crippen LogP contribution in [-0.4, -0.2) is 22.2 Å². The standard InChI is InChI=1S/C31H32Cl2N2O3/c1-4-23-9-11-26(12-10-23)35(19-24-7-5-8-25(32)17-24)27-18-29(31(36)37)34(20-27)13-6-14-38-28-15-21(2)30(33)22(3)16-28/h5,7-12,15-18,20H,4,6,13-14,19H2,1-3H3,(H,36,37). The SMILES string of the molecule is CCc1ccc(N(Cc2cccc(Cl)c2)c2cc(C(=O)O)n(CCCOc3cc(C)c(Cl)c(C)c3)c2)cc1. The minimum atomic E-state index is -0.967. The first kappa shape index (κ1) is 27.6. The van der Waals surface area contributed by atoms with Crippen LogP contribution in [0.3, 0.4) is 0 Å². The number of nitrogens with zero attached hydrogens (tertiary/aromatic N) is 2. The van der Waals surface area contributed by atoms with E-state index in [9.17, 15) is 9.90 Å². The Hall–Kier alpha value is -3.41. The Bertz CT molecular complexity index is 1390. The lowest BCUT2D eigenvalue weighted by atomic mass is 10.1. The second-order valence-electron chi connectivity index (χ2n) is 9.39. The molecule has 0 atom stereocenters. The number of benzene rings is 3. The molecule has 0 fully saturated rings. The summed E-state index contributed by atoms with van der Waals surface area (Å²) in [6.45, 7) is 7.54. The summed E-state index contributed by atoms with van der Waals surface area (Å²) in [5.41, 5.74) is 6.23. The van der Waals surface area contributed by atoms with E-state index in [1.165, 1.54) is 5.56 Å². The molecule has 38 heavy (non-hydrogen) atoms. The van der Waals surface area contributed by atoms with Crippen molar-refractivity contribution in [2.24, 2.45) is 0 Å². The van der Waals surface area contributed by atoms with E-state index in [4.69, 9.17) is 27.9 Å². The Balaban J connectivity index is 1.56. The summed E-state index contributed by atoms with van der Waals surface area (Å²) < 4.78 is 7.72. The molecule has 0 saturated heterocycles. The number of carboxylic acid groups (broad SMARTS) is 1. The van der Waals surface area contributed by atoms with E-state index >= 15 is 0 Å². The third kappa shape index (κ3) is 6.72. The smallest absolute Gasteiger partial charge is 0.352 e. The number of aromatic carboxylic acids is 1. The number of hydrogen-bond acceptors (Lipinski definition) is 3. The lowest BCUT2D eigenvalue weighted by molar-refractivity contribution is 0.0684. The van der Waals surface area contributed by atoms with Crippen molar-refractivity contribution in [3.63, 3.8) is 0 Å². The predicted molar refractivity (Wildman–Crippen MR) is 156 cm³/mol. The van der Waals surface area contributed by atoms with E-state index < -0.39 is 5.97 Å². The first-order valence-electron chi connectivity index (χ1n) is 12.7. The fraction of sp³-hybridized carbons (Fsp3) is 0.258. The van der Waals surface area contributed by atoms with E-state index in [0.717, 1.165) is 45.3 Å². The van der Waals surface area contributed by atoms with Crippen LogP contribution in [0, 0.1) is 13.8 Å². The number of halogens is 2. The highest BCUT2D eigenvalue weighted by molar-refractivity contribution is 6.32. The minimum absolute atomic E-state index is 0.236. The van der Waals surface area contributed by atoms with Crippen molar-refractivity contribution in [1.82, 2.24) is 4.57 Å². The van der Waals surface area contributed by atoms with Gasteiger partial charge in [0.25, 0.3) is 0 Å². The number of aryl methyl sites for hydroxylation is 4. The highest BCUT2D eigenvalue weighted by atomic mass is 35.5. The molecule has 0 aliphatic rings.